The highest BCUT2D eigenvalue weighted by atomic mass is 16.7. The van der Waals surface area contributed by atoms with Gasteiger partial charge in [0.2, 0.25) is 0 Å². The SMILES string of the molecule is Cc1ccc2occ([C@@H]3C[C@H](C#N)ON3c3ccccc3)c(=O)c2c1. The van der Waals surface area contributed by atoms with E-state index in [4.69, 9.17) is 9.25 Å². The fourth-order valence-corrected chi connectivity index (χ4v) is 3.19. The van der Waals surface area contributed by atoms with Gasteiger partial charge >= 0.3 is 0 Å². The Morgan fingerprint density at radius 2 is 2.00 bits per heavy atom. The smallest absolute Gasteiger partial charge is 0.198 e. The topological polar surface area (TPSA) is 66.5 Å². The van der Waals surface area contributed by atoms with Crippen LogP contribution in [0.15, 0.2) is 64.0 Å². The van der Waals surface area contributed by atoms with E-state index in [-0.39, 0.29) is 11.5 Å². The standard InChI is InChI=1S/C20H16N2O3/c1-13-7-8-19-16(9-13)20(23)17(12-24-19)18-10-15(11-21)25-22(18)14-5-3-2-4-6-14/h2-9,12,15,18H,10H2,1H3/t15-,18+/m1/s1. The lowest BCUT2D eigenvalue weighted by Gasteiger charge is -2.24. The molecule has 0 N–H and O–H groups in total. The van der Waals surface area contributed by atoms with Crippen molar-refractivity contribution in [2.24, 2.45) is 0 Å². The molecule has 1 saturated heterocycles. The molecule has 0 unspecified atom stereocenters. The Labute approximate surface area is 144 Å². The van der Waals surface area contributed by atoms with Crippen molar-refractivity contribution in [3.63, 3.8) is 0 Å². The number of fused-ring (bicyclic) bond motifs is 1. The number of rotatable bonds is 2. The summed E-state index contributed by atoms with van der Waals surface area (Å²) in [7, 11) is 0. The van der Waals surface area contributed by atoms with E-state index in [1.807, 2.05) is 49.4 Å². The monoisotopic (exact) mass is 332 g/mol. The van der Waals surface area contributed by atoms with Crippen LogP contribution in [-0.4, -0.2) is 6.10 Å². The zero-order valence-corrected chi connectivity index (χ0v) is 13.7. The minimum Gasteiger partial charge on any atom is -0.464 e. The Hall–Kier alpha value is -3.10. The molecule has 1 fully saturated rings. The molecule has 0 spiro atoms. The lowest BCUT2D eigenvalue weighted by molar-refractivity contribution is 0.118. The van der Waals surface area contributed by atoms with E-state index in [0.717, 1.165) is 11.3 Å². The van der Waals surface area contributed by atoms with E-state index >= 15 is 0 Å². The minimum atomic E-state index is -0.599. The second-order valence-corrected chi connectivity index (χ2v) is 6.16. The maximum atomic E-state index is 13.0. The molecule has 0 bridgehead atoms. The van der Waals surface area contributed by atoms with Gasteiger partial charge in [-0.05, 0) is 31.2 Å². The zero-order valence-electron chi connectivity index (χ0n) is 13.7. The van der Waals surface area contributed by atoms with Gasteiger partial charge in [-0.3, -0.25) is 9.63 Å². The van der Waals surface area contributed by atoms with Crippen molar-refractivity contribution < 1.29 is 9.25 Å². The van der Waals surface area contributed by atoms with Crippen LogP contribution >= 0.6 is 0 Å². The second-order valence-electron chi connectivity index (χ2n) is 6.16. The molecule has 0 amide bonds. The van der Waals surface area contributed by atoms with Crippen LogP contribution in [0.5, 0.6) is 0 Å². The van der Waals surface area contributed by atoms with Gasteiger partial charge in [0.05, 0.1) is 28.7 Å². The highest BCUT2D eigenvalue weighted by Crippen LogP contribution is 2.37. The first kappa shape index (κ1) is 15.4. The van der Waals surface area contributed by atoms with Crippen molar-refractivity contribution in [3.8, 4) is 6.07 Å². The van der Waals surface area contributed by atoms with E-state index in [9.17, 15) is 10.1 Å². The minimum absolute atomic E-state index is 0.0851. The number of nitrogens with zero attached hydrogens (tertiary/aromatic N) is 2. The number of anilines is 1. The predicted octanol–water partition coefficient (Wildman–Crippen LogP) is 3.88. The highest BCUT2D eigenvalue weighted by molar-refractivity contribution is 5.77. The third kappa shape index (κ3) is 2.67. The molecule has 5 heteroatoms. The van der Waals surface area contributed by atoms with Crippen LogP contribution in [0.2, 0.25) is 0 Å². The molecule has 25 heavy (non-hydrogen) atoms. The van der Waals surface area contributed by atoms with Gasteiger partial charge in [-0.25, -0.2) is 5.06 Å². The molecule has 0 aliphatic carbocycles. The highest BCUT2D eigenvalue weighted by Gasteiger charge is 2.37. The molecule has 2 heterocycles. The molecule has 1 aromatic heterocycles. The molecule has 1 aliphatic rings. The molecule has 4 rings (SSSR count). The van der Waals surface area contributed by atoms with Crippen LogP contribution in [0.4, 0.5) is 5.69 Å². The lowest BCUT2D eigenvalue weighted by atomic mass is 10.0. The fourth-order valence-electron chi connectivity index (χ4n) is 3.19. The van der Waals surface area contributed by atoms with Gasteiger partial charge in [0.1, 0.15) is 11.8 Å². The van der Waals surface area contributed by atoms with Crippen molar-refractivity contribution in [2.75, 3.05) is 5.06 Å². The summed E-state index contributed by atoms with van der Waals surface area (Å²) >= 11 is 0. The Balaban J connectivity index is 1.84. The number of hydrogen-bond acceptors (Lipinski definition) is 5. The molecule has 0 saturated carbocycles. The van der Waals surface area contributed by atoms with Crippen LogP contribution < -0.4 is 10.5 Å². The van der Waals surface area contributed by atoms with Crippen molar-refractivity contribution in [1.82, 2.24) is 0 Å². The number of benzene rings is 2. The molecule has 0 radical (unpaired) electrons. The molecule has 124 valence electrons. The molecular weight excluding hydrogens is 316 g/mol. The summed E-state index contributed by atoms with van der Waals surface area (Å²) < 4.78 is 5.68. The first-order valence-electron chi connectivity index (χ1n) is 8.10. The summed E-state index contributed by atoms with van der Waals surface area (Å²) in [5.74, 6) is 0. The van der Waals surface area contributed by atoms with Gasteiger partial charge in [0.25, 0.3) is 0 Å². The van der Waals surface area contributed by atoms with E-state index < -0.39 is 6.10 Å². The first-order chi connectivity index (χ1) is 12.2. The molecular formula is C20H16N2O3. The average molecular weight is 332 g/mol. The van der Waals surface area contributed by atoms with Crippen LogP contribution in [-0.2, 0) is 4.84 Å². The van der Waals surface area contributed by atoms with Crippen LogP contribution in [0, 0.1) is 18.3 Å². The van der Waals surface area contributed by atoms with Gasteiger partial charge in [-0.2, -0.15) is 5.26 Å². The summed E-state index contributed by atoms with van der Waals surface area (Å²) in [4.78, 5) is 18.8. The molecule has 3 aromatic rings. The second kappa shape index (κ2) is 6.08. The van der Waals surface area contributed by atoms with Gasteiger partial charge in [0.15, 0.2) is 11.5 Å². The normalized spacial score (nSPS) is 19.9. The Morgan fingerprint density at radius 3 is 2.76 bits per heavy atom. The van der Waals surface area contributed by atoms with E-state index in [0.29, 0.717) is 23.0 Å². The third-order valence-electron chi connectivity index (χ3n) is 4.43. The van der Waals surface area contributed by atoms with Gasteiger partial charge < -0.3 is 4.42 Å². The predicted molar refractivity (Wildman–Crippen MR) is 94.0 cm³/mol. The number of para-hydroxylation sites is 1. The zero-order chi connectivity index (χ0) is 17.4. The molecule has 5 nitrogen and oxygen atoms in total. The largest absolute Gasteiger partial charge is 0.464 e. The van der Waals surface area contributed by atoms with Gasteiger partial charge in [0, 0.05) is 6.42 Å². The third-order valence-corrected chi connectivity index (χ3v) is 4.43. The van der Waals surface area contributed by atoms with Gasteiger partial charge in [-0.1, -0.05) is 29.8 Å². The lowest BCUT2D eigenvalue weighted by Crippen LogP contribution is -2.26. The first-order valence-corrected chi connectivity index (χ1v) is 8.10. The summed E-state index contributed by atoms with van der Waals surface area (Å²) in [6, 6.07) is 16.8. The van der Waals surface area contributed by atoms with Crippen LogP contribution in [0.3, 0.4) is 0 Å². The van der Waals surface area contributed by atoms with Crippen molar-refractivity contribution in [1.29, 1.82) is 5.26 Å². The van der Waals surface area contributed by atoms with E-state index in [2.05, 4.69) is 6.07 Å². The number of hydrogen-bond donors (Lipinski definition) is 0. The van der Waals surface area contributed by atoms with Crippen molar-refractivity contribution in [3.05, 3.63) is 76.1 Å². The Kier molecular flexibility index (Phi) is 3.75. The van der Waals surface area contributed by atoms with Gasteiger partial charge in [-0.15, -0.1) is 0 Å². The maximum Gasteiger partial charge on any atom is 0.198 e. The van der Waals surface area contributed by atoms with E-state index in [1.165, 1.54) is 6.26 Å². The summed E-state index contributed by atoms with van der Waals surface area (Å²) in [6.45, 7) is 1.94. The van der Waals surface area contributed by atoms with Crippen LogP contribution in [0.1, 0.15) is 23.6 Å². The average Bonchev–Trinajstić information content (AvgIpc) is 3.07. The molecule has 2 aromatic carbocycles. The number of hydroxylamine groups is 1. The number of aryl methyl sites for hydroxylation is 1. The Morgan fingerprint density at radius 1 is 1.20 bits per heavy atom. The Bertz CT molecular complexity index is 1020. The fraction of sp³-hybridized carbons (Fsp3) is 0.200. The summed E-state index contributed by atoms with van der Waals surface area (Å²) in [6.07, 6.45) is 1.30. The summed E-state index contributed by atoms with van der Waals surface area (Å²) in [5, 5.41) is 11.5. The summed E-state index contributed by atoms with van der Waals surface area (Å²) in [5.41, 5.74) is 2.77. The molecule has 2 atom stereocenters. The van der Waals surface area contributed by atoms with Crippen molar-refractivity contribution >= 4 is 16.7 Å². The van der Waals surface area contributed by atoms with Crippen LogP contribution in [0.25, 0.3) is 11.0 Å². The maximum absolute atomic E-state index is 13.0. The van der Waals surface area contributed by atoms with Crippen molar-refractivity contribution in [2.45, 2.75) is 25.5 Å². The quantitative estimate of drug-likeness (QED) is 0.712. The number of nitriles is 1. The van der Waals surface area contributed by atoms with E-state index in [1.54, 1.807) is 11.1 Å². The molecule has 1 aliphatic heterocycles.